The number of rotatable bonds is 3. The highest BCUT2D eigenvalue weighted by Crippen LogP contribution is 2.30. The first-order chi connectivity index (χ1) is 9.68. The van der Waals surface area contributed by atoms with E-state index >= 15 is 0 Å². The van der Waals surface area contributed by atoms with Crippen LogP contribution in [0.2, 0.25) is 0 Å². The minimum atomic E-state index is -3.82. The number of nitrogens with one attached hydrogen (secondary N) is 1. The number of halogens is 1. The Hall–Kier alpha value is -1.57. The third-order valence-electron chi connectivity index (χ3n) is 3.16. The molecule has 0 atom stereocenters. The van der Waals surface area contributed by atoms with Gasteiger partial charge in [-0.3, -0.25) is 0 Å². The molecule has 0 aliphatic rings. The van der Waals surface area contributed by atoms with Crippen molar-refractivity contribution in [1.29, 1.82) is 0 Å². The molecule has 0 saturated heterocycles. The molecule has 0 unspecified atom stereocenters. The molecular formula is C14H16BrN3O2S. The molecule has 0 spiro atoms. The van der Waals surface area contributed by atoms with Crippen LogP contribution in [0.5, 0.6) is 0 Å². The number of aryl methyl sites for hydroxylation is 1. The van der Waals surface area contributed by atoms with Crippen molar-refractivity contribution in [2.24, 2.45) is 5.14 Å². The van der Waals surface area contributed by atoms with Crippen molar-refractivity contribution >= 4 is 43.0 Å². The van der Waals surface area contributed by atoms with E-state index in [0.717, 1.165) is 15.7 Å². The lowest BCUT2D eigenvalue weighted by molar-refractivity contribution is 0.597. The third kappa shape index (κ3) is 3.55. The topological polar surface area (TPSA) is 98.2 Å². The molecule has 0 aromatic heterocycles. The van der Waals surface area contributed by atoms with Gasteiger partial charge in [-0.25, -0.2) is 13.6 Å². The van der Waals surface area contributed by atoms with Crippen LogP contribution < -0.4 is 16.2 Å². The first kappa shape index (κ1) is 15.8. The predicted octanol–water partition coefficient (Wildman–Crippen LogP) is 3.04. The van der Waals surface area contributed by atoms with E-state index in [9.17, 15) is 8.42 Å². The van der Waals surface area contributed by atoms with E-state index in [1.165, 1.54) is 6.07 Å². The van der Waals surface area contributed by atoms with Crippen LogP contribution in [0.1, 0.15) is 11.1 Å². The number of benzene rings is 2. The van der Waals surface area contributed by atoms with Crippen molar-refractivity contribution in [2.45, 2.75) is 18.7 Å². The zero-order valence-electron chi connectivity index (χ0n) is 11.6. The van der Waals surface area contributed by atoms with Crippen molar-refractivity contribution in [3.8, 4) is 0 Å². The molecule has 2 aromatic carbocycles. The van der Waals surface area contributed by atoms with Gasteiger partial charge in [-0.05, 0) is 49.2 Å². The van der Waals surface area contributed by atoms with E-state index < -0.39 is 10.0 Å². The Kier molecular flexibility index (Phi) is 4.27. The number of nitrogen functional groups attached to an aromatic ring is 1. The Labute approximate surface area is 132 Å². The van der Waals surface area contributed by atoms with E-state index in [2.05, 4.69) is 21.2 Å². The standard InChI is InChI=1S/C14H16BrN3O2S/c1-8-3-4-10(15)5-12(8)18-13-6-11(16)7-14(9(13)2)21(17,19)20/h3-7,18H,16H2,1-2H3,(H2,17,19,20). The summed E-state index contributed by atoms with van der Waals surface area (Å²) in [6.07, 6.45) is 0. The van der Waals surface area contributed by atoms with Gasteiger partial charge in [0.2, 0.25) is 10.0 Å². The number of anilines is 3. The monoisotopic (exact) mass is 369 g/mol. The van der Waals surface area contributed by atoms with Crippen LogP contribution in [-0.4, -0.2) is 8.42 Å². The van der Waals surface area contributed by atoms with E-state index in [1.807, 2.05) is 25.1 Å². The van der Waals surface area contributed by atoms with Gasteiger partial charge < -0.3 is 11.1 Å². The largest absolute Gasteiger partial charge is 0.399 e. The molecule has 21 heavy (non-hydrogen) atoms. The van der Waals surface area contributed by atoms with Gasteiger partial charge in [0.15, 0.2) is 0 Å². The van der Waals surface area contributed by atoms with E-state index in [-0.39, 0.29) is 4.90 Å². The van der Waals surface area contributed by atoms with Gasteiger partial charge in [0.05, 0.1) is 4.90 Å². The second-order valence-electron chi connectivity index (χ2n) is 4.82. The van der Waals surface area contributed by atoms with E-state index in [1.54, 1.807) is 13.0 Å². The van der Waals surface area contributed by atoms with Crippen LogP contribution in [0.3, 0.4) is 0 Å². The molecule has 0 saturated carbocycles. The molecule has 5 N–H and O–H groups in total. The van der Waals surface area contributed by atoms with Crippen molar-refractivity contribution in [3.63, 3.8) is 0 Å². The number of hydrogen-bond donors (Lipinski definition) is 3. The highest BCUT2D eigenvalue weighted by molar-refractivity contribution is 9.10. The molecule has 7 heteroatoms. The highest BCUT2D eigenvalue weighted by Gasteiger charge is 2.16. The molecule has 112 valence electrons. The summed E-state index contributed by atoms with van der Waals surface area (Å²) in [6.45, 7) is 3.64. The molecule has 2 aromatic rings. The van der Waals surface area contributed by atoms with Crippen molar-refractivity contribution in [3.05, 3.63) is 45.9 Å². The fourth-order valence-corrected chi connectivity index (χ4v) is 3.21. The molecule has 2 rings (SSSR count). The van der Waals surface area contributed by atoms with Crippen LogP contribution >= 0.6 is 15.9 Å². The summed E-state index contributed by atoms with van der Waals surface area (Å²) in [5.41, 5.74) is 9.14. The summed E-state index contributed by atoms with van der Waals surface area (Å²) in [7, 11) is -3.82. The van der Waals surface area contributed by atoms with Gasteiger partial charge in [-0.15, -0.1) is 0 Å². The van der Waals surface area contributed by atoms with E-state index in [0.29, 0.717) is 16.9 Å². The first-order valence-electron chi connectivity index (χ1n) is 6.14. The highest BCUT2D eigenvalue weighted by atomic mass is 79.9. The lowest BCUT2D eigenvalue weighted by atomic mass is 10.1. The molecule has 0 fully saturated rings. The SMILES string of the molecule is Cc1ccc(Br)cc1Nc1cc(N)cc(S(N)(=O)=O)c1C. The molecule has 0 amide bonds. The third-order valence-corrected chi connectivity index (χ3v) is 4.69. The summed E-state index contributed by atoms with van der Waals surface area (Å²) < 4.78 is 24.2. The summed E-state index contributed by atoms with van der Waals surface area (Å²) >= 11 is 3.41. The number of primary sulfonamides is 1. The zero-order valence-corrected chi connectivity index (χ0v) is 14.0. The molecular weight excluding hydrogens is 354 g/mol. The van der Waals surface area contributed by atoms with Crippen LogP contribution in [0.4, 0.5) is 17.1 Å². The summed E-state index contributed by atoms with van der Waals surface area (Å²) in [5, 5.41) is 8.43. The number of hydrogen-bond acceptors (Lipinski definition) is 4. The Morgan fingerprint density at radius 3 is 2.38 bits per heavy atom. The average Bonchev–Trinajstić information content (AvgIpc) is 2.36. The zero-order chi connectivity index (χ0) is 15.8. The molecule has 5 nitrogen and oxygen atoms in total. The Balaban J connectivity index is 2.55. The Bertz CT molecular complexity index is 804. The van der Waals surface area contributed by atoms with Crippen molar-refractivity contribution < 1.29 is 8.42 Å². The molecule has 0 bridgehead atoms. The summed E-state index contributed by atoms with van der Waals surface area (Å²) in [4.78, 5) is 0.0256. The summed E-state index contributed by atoms with van der Waals surface area (Å²) in [5.74, 6) is 0. The average molecular weight is 370 g/mol. The van der Waals surface area contributed by atoms with Gasteiger partial charge >= 0.3 is 0 Å². The maximum absolute atomic E-state index is 11.6. The fourth-order valence-electron chi connectivity index (χ4n) is 2.01. The van der Waals surface area contributed by atoms with Crippen molar-refractivity contribution in [2.75, 3.05) is 11.1 Å². The maximum atomic E-state index is 11.6. The second kappa shape index (κ2) is 5.67. The first-order valence-corrected chi connectivity index (χ1v) is 8.48. The Morgan fingerprint density at radius 2 is 1.76 bits per heavy atom. The normalized spacial score (nSPS) is 11.4. The molecule has 0 aliphatic heterocycles. The minimum absolute atomic E-state index is 0.0256. The smallest absolute Gasteiger partial charge is 0.238 e. The maximum Gasteiger partial charge on any atom is 0.238 e. The van der Waals surface area contributed by atoms with Gasteiger partial charge in [0.1, 0.15) is 0 Å². The lowest BCUT2D eigenvalue weighted by Gasteiger charge is -2.15. The van der Waals surface area contributed by atoms with Gasteiger partial charge in [0, 0.05) is 21.5 Å². The molecule has 0 aliphatic carbocycles. The molecule has 0 radical (unpaired) electrons. The quantitative estimate of drug-likeness (QED) is 0.724. The van der Waals surface area contributed by atoms with Crippen molar-refractivity contribution in [1.82, 2.24) is 0 Å². The summed E-state index contributed by atoms with van der Waals surface area (Å²) in [6, 6.07) is 8.85. The second-order valence-corrected chi connectivity index (χ2v) is 7.27. The number of nitrogens with two attached hydrogens (primary N) is 2. The van der Waals surface area contributed by atoms with Crippen LogP contribution in [0.15, 0.2) is 39.7 Å². The van der Waals surface area contributed by atoms with Gasteiger partial charge in [-0.2, -0.15) is 0 Å². The predicted molar refractivity (Wildman–Crippen MR) is 89.1 cm³/mol. The number of sulfonamides is 1. The van der Waals surface area contributed by atoms with Crippen LogP contribution in [0, 0.1) is 13.8 Å². The lowest BCUT2D eigenvalue weighted by Crippen LogP contribution is -2.15. The Morgan fingerprint density at radius 1 is 1.10 bits per heavy atom. The van der Waals surface area contributed by atoms with E-state index in [4.69, 9.17) is 10.9 Å². The molecule has 0 heterocycles. The van der Waals surface area contributed by atoms with Gasteiger partial charge in [-0.1, -0.05) is 22.0 Å². The van der Waals surface area contributed by atoms with Crippen LogP contribution in [0.25, 0.3) is 0 Å². The van der Waals surface area contributed by atoms with Gasteiger partial charge in [0.25, 0.3) is 0 Å². The minimum Gasteiger partial charge on any atom is -0.399 e. The van der Waals surface area contributed by atoms with Crippen LogP contribution in [-0.2, 0) is 10.0 Å². The fraction of sp³-hybridized carbons (Fsp3) is 0.143.